The number of likely N-dealkylation sites (N-methyl/N-ethyl adjacent to an activating group) is 2. The smallest absolute Gasteiger partial charge is 0.234 e. The van der Waals surface area contributed by atoms with Gasteiger partial charge in [-0.25, -0.2) is 0 Å². The Labute approximate surface area is 120 Å². The van der Waals surface area contributed by atoms with Crippen molar-refractivity contribution in [2.24, 2.45) is 0 Å². The van der Waals surface area contributed by atoms with E-state index in [0.717, 1.165) is 25.3 Å². The van der Waals surface area contributed by atoms with Gasteiger partial charge in [0.15, 0.2) is 5.82 Å². The Kier molecular flexibility index (Phi) is 5.14. The largest absolute Gasteiger partial charge is 0.477 e. The Bertz CT molecular complexity index is 429. The second-order valence-corrected chi connectivity index (χ2v) is 5.22. The van der Waals surface area contributed by atoms with Crippen molar-refractivity contribution < 1.29 is 9.47 Å². The molecule has 0 radical (unpaired) electrons. The molecule has 1 aromatic heterocycles. The van der Waals surface area contributed by atoms with Gasteiger partial charge in [-0.3, -0.25) is 9.88 Å². The van der Waals surface area contributed by atoms with Gasteiger partial charge in [0.05, 0.1) is 25.1 Å². The van der Waals surface area contributed by atoms with Gasteiger partial charge < -0.3 is 14.4 Å². The van der Waals surface area contributed by atoms with Crippen molar-refractivity contribution in [2.45, 2.75) is 25.5 Å². The molecule has 0 bridgehead atoms. The lowest BCUT2D eigenvalue weighted by Crippen LogP contribution is -2.37. The third kappa shape index (κ3) is 3.58. The lowest BCUT2D eigenvalue weighted by atomic mass is 10.2. The Morgan fingerprint density at radius 3 is 2.90 bits per heavy atom. The summed E-state index contributed by atoms with van der Waals surface area (Å²) >= 11 is 0. The summed E-state index contributed by atoms with van der Waals surface area (Å²) in [6, 6.07) is 0.475. The van der Waals surface area contributed by atoms with E-state index < -0.39 is 0 Å². The zero-order valence-corrected chi connectivity index (χ0v) is 12.7. The van der Waals surface area contributed by atoms with E-state index in [9.17, 15) is 0 Å². The molecule has 0 amide bonds. The van der Waals surface area contributed by atoms with Crippen molar-refractivity contribution >= 4 is 5.82 Å². The van der Waals surface area contributed by atoms with Crippen LogP contribution in [0.15, 0.2) is 12.4 Å². The number of ether oxygens (including phenoxy) is 2. The SMILES string of the molecule is CCOc1cncc(N(C)C[C@@H]2C[C@H](OC)CN2C)n1. The summed E-state index contributed by atoms with van der Waals surface area (Å²) in [4.78, 5) is 13.1. The van der Waals surface area contributed by atoms with E-state index in [0.29, 0.717) is 24.6 Å². The summed E-state index contributed by atoms with van der Waals surface area (Å²) in [6.45, 7) is 4.43. The van der Waals surface area contributed by atoms with Crippen LogP contribution in [0.4, 0.5) is 5.82 Å². The number of rotatable bonds is 6. The first-order valence-corrected chi connectivity index (χ1v) is 7.03. The predicted molar refractivity (Wildman–Crippen MR) is 78.3 cm³/mol. The Balaban J connectivity index is 1.97. The molecule has 0 saturated carbocycles. The Hall–Kier alpha value is -1.40. The average molecular weight is 280 g/mol. The summed E-state index contributed by atoms with van der Waals surface area (Å²) in [6.07, 6.45) is 4.80. The van der Waals surface area contributed by atoms with Gasteiger partial charge >= 0.3 is 0 Å². The van der Waals surface area contributed by atoms with E-state index in [1.807, 2.05) is 14.0 Å². The first-order valence-electron chi connectivity index (χ1n) is 7.03. The van der Waals surface area contributed by atoms with Crippen molar-refractivity contribution in [1.82, 2.24) is 14.9 Å². The highest BCUT2D eigenvalue weighted by molar-refractivity contribution is 5.36. The topological polar surface area (TPSA) is 50.7 Å². The highest BCUT2D eigenvalue weighted by Gasteiger charge is 2.30. The lowest BCUT2D eigenvalue weighted by molar-refractivity contribution is 0.111. The Morgan fingerprint density at radius 2 is 2.25 bits per heavy atom. The van der Waals surface area contributed by atoms with Crippen LogP contribution in [0.25, 0.3) is 0 Å². The number of likely N-dealkylation sites (tertiary alicyclic amines) is 1. The fourth-order valence-corrected chi connectivity index (χ4v) is 2.56. The number of hydrogen-bond acceptors (Lipinski definition) is 6. The van der Waals surface area contributed by atoms with Gasteiger partial charge in [0, 0.05) is 33.3 Å². The molecule has 0 spiro atoms. The zero-order valence-electron chi connectivity index (χ0n) is 12.7. The summed E-state index contributed by atoms with van der Waals surface area (Å²) in [5.74, 6) is 1.41. The number of anilines is 1. The quantitative estimate of drug-likeness (QED) is 0.776. The maximum absolute atomic E-state index is 5.44. The van der Waals surface area contributed by atoms with E-state index in [-0.39, 0.29) is 0 Å². The van der Waals surface area contributed by atoms with E-state index >= 15 is 0 Å². The van der Waals surface area contributed by atoms with Crippen LogP contribution in [0.2, 0.25) is 0 Å². The van der Waals surface area contributed by atoms with Crippen LogP contribution in [0.3, 0.4) is 0 Å². The molecule has 6 nitrogen and oxygen atoms in total. The maximum atomic E-state index is 5.44. The molecular weight excluding hydrogens is 256 g/mol. The fraction of sp³-hybridized carbons (Fsp3) is 0.714. The van der Waals surface area contributed by atoms with Crippen molar-refractivity contribution in [1.29, 1.82) is 0 Å². The molecule has 1 aliphatic heterocycles. The maximum Gasteiger partial charge on any atom is 0.234 e. The molecule has 2 rings (SSSR count). The van der Waals surface area contributed by atoms with Gasteiger partial charge in [0.1, 0.15) is 0 Å². The lowest BCUT2D eigenvalue weighted by Gasteiger charge is -2.26. The highest BCUT2D eigenvalue weighted by Crippen LogP contribution is 2.21. The van der Waals surface area contributed by atoms with Crippen molar-refractivity contribution in [2.75, 3.05) is 45.8 Å². The molecule has 1 saturated heterocycles. The van der Waals surface area contributed by atoms with Crippen LogP contribution in [0, 0.1) is 0 Å². The van der Waals surface area contributed by atoms with Crippen LogP contribution in [0.1, 0.15) is 13.3 Å². The van der Waals surface area contributed by atoms with Gasteiger partial charge in [-0.2, -0.15) is 4.98 Å². The van der Waals surface area contributed by atoms with E-state index in [1.165, 1.54) is 0 Å². The summed E-state index contributed by atoms with van der Waals surface area (Å²) in [5.41, 5.74) is 0. The molecule has 2 heterocycles. The summed E-state index contributed by atoms with van der Waals surface area (Å²) < 4.78 is 10.8. The van der Waals surface area contributed by atoms with Crippen LogP contribution in [-0.2, 0) is 4.74 Å². The van der Waals surface area contributed by atoms with E-state index in [4.69, 9.17) is 9.47 Å². The molecule has 1 fully saturated rings. The van der Waals surface area contributed by atoms with Crippen molar-refractivity contribution in [3.05, 3.63) is 12.4 Å². The summed E-state index contributed by atoms with van der Waals surface area (Å²) in [7, 11) is 5.95. The number of hydrogen-bond donors (Lipinski definition) is 0. The van der Waals surface area contributed by atoms with Crippen molar-refractivity contribution in [3.63, 3.8) is 0 Å². The molecule has 6 heteroatoms. The average Bonchev–Trinajstić information content (AvgIpc) is 2.80. The minimum absolute atomic E-state index is 0.333. The van der Waals surface area contributed by atoms with Crippen LogP contribution in [-0.4, -0.2) is 67.9 Å². The minimum Gasteiger partial charge on any atom is -0.477 e. The molecule has 112 valence electrons. The van der Waals surface area contributed by atoms with Gasteiger partial charge in [-0.1, -0.05) is 0 Å². The molecule has 1 aliphatic rings. The van der Waals surface area contributed by atoms with Crippen LogP contribution >= 0.6 is 0 Å². The first-order chi connectivity index (χ1) is 9.63. The number of nitrogens with zero attached hydrogens (tertiary/aromatic N) is 4. The number of aromatic nitrogens is 2. The molecule has 20 heavy (non-hydrogen) atoms. The second kappa shape index (κ2) is 6.85. The number of methoxy groups -OCH3 is 1. The molecule has 2 atom stereocenters. The van der Waals surface area contributed by atoms with Crippen LogP contribution < -0.4 is 9.64 Å². The fourth-order valence-electron chi connectivity index (χ4n) is 2.56. The highest BCUT2D eigenvalue weighted by atomic mass is 16.5. The first kappa shape index (κ1) is 15.0. The second-order valence-electron chi connectivity index (χ2n) is 5.22. The third-order valence-corrected chi connectivity index (χ3v) is 3.75. The summed E-state index contributed by atoms with van der Waals surface area (Å²) in [5, 5.41) is 0. The molecule has 0 N–H and O–H groups in total. The van der Waals surface area contributed by atoms with Gasteiger partial charge in [-0.05, 0) is 20.4 Å². The van der Waals surface area contributed by atoms with Gasteiger partial charge in [0.2, 0.25) is 5.88 Å². The molecule has 0 aliphatic carbocycles. The normalized spacial score (nSPS) is 23.0. The standard InChI is InChI=1S/C14H24N4O2/c1-5-20-14-8-15-7-13(16-14)18(3)9-11-6-12(19-4)10-17(11)2/h7-8,11-12H,5-6,9-10H2,1-4H3/t11-,12-/m0/s1. The third-order valence-electron chi connectivity index (χ3n) is 3.75. The molecule has 0 unspecified atom stereocenters. The predicted octanol–water partition coefficient (Wildman–Crippen LogP) is 1.03. The Morgan fingerprint density at radius 1 is 1.45 bits per heavy atom. The molecule has 0 aromatic carbocycles. The van der Waals surface area contributed by atoms with E-state index in [1.54, 1.807) is 19.5 Å². The monoisotopic (exact) mass is 280 g/mol. The zero-order chi connectivity index (χ0) is 14.5. The van der Waals surface area contributed by atoms with E-state index in [2.05, 4.69) is 26.8 Å². The van der Waals surface area contributed by atoms with Crippen LogP contribution in [0.5, 0.6) is 5.88 Å². The van der Waals surface area contributed by atoms with Crippen molar-refractivity contribution in [3.8, 4) is 5.88 Å². The molecular formula is C14H24N4O2. The molecule has 1 aromatic rings. The van der Waals surface area contributed by atoms with Gasteiger partial charge in [-0.15, -0.1) is 0 Å². The van der Waals surface area contributed by atoms with Gasteiger partial charge in [0.25, 0.3) is 0 Å². The minimum atomic E-state index is 0.333.